The molecule has 0 bridgehead atoms. The number of fused-ring (bicyclic) bond motifs is 1. The second-order valence-electron chi connectivity index (χ2n) is 6.24. The minimum Gasteiger partial charge on any atom is -0.295 e. The van der Waals surface area contributed by atoms with Crippen LogP contribution in [0.4, 0.5) is 0 Å². The van der Waals surface area contributed by atoms with Crippen molar-refractivity contribution in [3.05, 3.63) is 86.3 Å². The molecule has 0 aliphatic heterocycles. The molecule has 2 aromatic carbocycles. The number of hydrogen-bond donors (Lipinski definition) is 1. The molecule has 2 heterocycles. The predicted octanol–water partition coefficient (Wildman–Crippen LogP) is 3.96. The van der Waals surface area contributed by atoms with Gasteiger partial charge in [-0.25, -0.2) is 4.68 Å². The molecule has 1 unspecified atom stereocenters. The van der Waals surface area contributed by atoms with Crippen LogP contribution in [0.3, 0.4) is 0 Å². The highest BCUT2D eigenvalue weighted by atomic mass is 35.5. The highest BCUT2D eigenvalue weighted by molar-refractivity contribution is 7.71. The number of hydrogen-bond acceptors (Lipinski definition) is 4. The topological polar surface area (TPSA) is 68.5 Å². The quantitative estimate of drug-likeness (QED) is 0.529. The summed E-state index contributed by atoms with van der Waals surface area (Å²) in [4.78, 5) is 12.7. The SMILES string of the molecule is CC(c1ccc(Cl)cc1)n1c(Cn2ncc3ccccc3c2=O)n[nH]c1=S. The molecule has 1 atom stereocenters. The highest BCUT2D eigenvalue weighted by Crippen LogP contribution is 2.22. The van der Waals surface area contributed by atoms with E-state index in [1.54, 1.807) is 12.3 Å². The van der Waals surface area contributed by atoms with E-state index in [0.29, 0.717) is 21.0 Å². The predicted molar refractivity (Wildman–Crippen MR) is 108 cm³/mol. The minimum atomic E-state index is -0.160. The molecule has 136 valence electrons. The van der Waals surface area contributed by atoms with E-state index >= 15 is 0 Å². The van der Waals surface area contributed by atoms with E-state index in [9.17, 15) is 4.79 Å². The Morgan fingerprint density at radius 3 is 2.70 bits per heavy atom. The number of nitrogens with one attached hydrogen (secondary N) is 1. The van der Waals surface area contributed by atoms with Crippen molar-refractivity contribution in [2.75, 3.05) is 0 Å². The summed E-state index contributed by atoms with van der Waals surface area (Å²) in [6.45, 7) is 2.24. The van der Waals surface area contributed by atoms with Crippen molar-refractivity contribution < 1.29 is 0 Å². The van der Waals surface area contributed by atoms with Crippen LogP contribution < -0.4 is 5.56 Å². The van der Waals surface area contributed by atoms with Gasteiger partial charge >= 0.3 is 0 Å². The zero-order valence-electron chi connectivity index (χ0n) is 14.5. The summed E-state index contributed by atoms with van der Waals surface area (Å²) in [5.74, 6) is 0.632. The lowest BCUT2D eigenvalue weighted by Gasteiger charge is -2.16. The van der Waals surface area contributed by atoms with Crippen molar-refractivity contribution in [2.24, 2.45) is 0 Å². The van der Waals surface area contributed by atoms with Crippen LogP contribution >= 0.6 is 23.8 Å². The third kappa shape index (κ3) is 3.31. The summed E-state index contributed by atoms with van der Waals surface area (Å²) in [5.41, 5.74) is 0.879. The first kappa shape index (κ1) is 17.6. The molecule has 0 amide bonds. The first-order chi connectivity index (χ1) is 13.0. The Bertz CT molecular complexity index is 1230. The van der Waals surface area contributed by atoms with E-state index in [4.69, 9.17) is 23.8 Å². The zero-order valence-corrected chi connectivity index (χ0v) is 16.0. The summed E-state index contributed by atoms with van der Waals surface area (Å²) in [7, 11) is 0. The minimum absolute atomic E-state index is 0.0697. The van der Waals surface area contributed by atoms with Crippen LogP contribution in [-0.2, 0) is 6.54 Å². The fourth-order valence-electron chi connectivity index (χ4n) is 3.11. The van der Waals surface area contributed by atoms with Gasteiger partial charge in [-0.3, -0.25) is 14.5 Å². The van der Waals surface area contributed by atoms with Crippen molar-refractivity contribution in [3.8, 4) is 0 Å². The van der Waals surface area contributed by atoms with E-state index in [1.165, 1.54) is 4.68 Å². The average Bonchev–Trinajstić information content (AvgIpc) is 3.04. The maximum Gasteiger partial charge on any atom is 0.275 e. The molecule has 0 saturated carbocycles. The molecule has 4 aromatic rings. The van der Waals surface area contributed by atoms with Crippen molar-refractivity contribution >= 4 is 34.6 Å². The monoisotopic (exact) mass is 397 g/mol. The fraction of sp³-hybridized carbons (Fsp3) is 0.158. The van der Waals surface area contributed by atoms with Gasteiger partial charge in [0.25, 0.3) is 5.56 Å². The lowest BCUT2D eigenvalue weighted by atomic mass is 10.1. The first-order valence-electron chi connectivity index (χ1n) is 8.40. The van der Waals surface area contributed by atoms with Crippen LogP contribution in [0.5, 0.6) is 0 Å². The van der Waals surface area contributed by atoms with Crippen LogP contribution in [0, 0.1) is 4.77 Å². The number of benzene rings is 2. The number of rotatable bonds is 4. The molecule has 0 aliphatic carbocycles. The van der Waals surface area contributed by atoms with Crippen LogP contribution in [0.25, 0.3) is 10.8 Å². The molecular formula is C19H16ClN5OS. The molecule has 4 rings (SSSR count). The van der Waals surface area contributed by atoms with Gasteiger partial charge < -0.3 is 0 Å². The van der Waals surface area contributed by atoms with Gasteiger partial charge in [0, 0.05) is 10.4 Å². The van der Waals surface area contributed by atoms with Crippen molar-refractivity contribution in [1.82, 2.24) is 24.5 Å². The lowest BCUT2D eigenvalue weighted by molar-refractivity contribution is 0.545. The number of halogens is 1. The molecule has 0 aliphatic rings. The fourth-order valence-corrected chi connectivity index (χ4v) is 3.55. The van der Waals surface area contributed by atoms with Crippen molar-refractivity contribution in [2.45, 2.75) is 19.5 Å². The summed E-state index contributed by atoms with van der Waals surface area (Å²) >= 11 is 11.4. The Morgan fingerprint density at radius 1 is 1.19 bits per heavy atom. The summed E-state index contributed by atoms with van der Waals surface area (Å²) in [5, 5.41) is 13.5. The van der Waals surface area contributed by atoms with Gasteiger partial charge in [0.15, 0.2) is 10.6 Å². The maximum absolute atomic E-state index is 12.7. The van der Waals surface area contributed by atoms with Crippen molar-refractivity contribution in [1.29, 1.82) is 0 Å². The molecule has 6 nitrogen and oxygen atoms in total. The summed E-state index contributed by atoms with van der Waals surface area (Å²) < 4.78 is 3.78. The van der Waals surface area contributed by atoms with E-state index < -0.39 is 0 Å². The molecule has 27 heavy (non-hydrogen) atoms. The molecule has 0 saturated heterocycles. The Balaban J connectivity index is 1.74. The Hall–Kier alpha value is -2.77. The largest absolute Gasteiger partial charge is 0.295 e. The van der Waals surface area contributed by atoms with Gasteiger partial charge in [-0.2, -0.15) is 10.2 Å². The van der Waals surface area contributed by atoms with Crippen LogP contribution in [0.2, 0.25) is 5.02 Å². The van der Waals surface area contributed by atoms with Gasteiger partial charge in [-0.15, -0.1) is 0 Å². The standard InChI is InChI=1S/C19H16ClN5OS/c1-12(13-6-8-15(20)9-7-13)25-17(22-23-19(25)27)11-24-18(26)16-5-3-2-4-14(16)10-21-24/h2-10,12H,11H2,1H3,(H,23,27). The van der Waals surface area contributed by atoms with Crippen LogP contribution in [0.1, 0.15) is 24.4 Å². The Labute approximate surface area is 165 Å². The van der Waals surface area contributed by atoms with E-state index in [-0.39, 0.29) is 18.1 Å². The third-order valence-corrected chi connectivity index (χ3v) is 5.11. The van der Waals surface area contributed by atoms with E-state index in [2.05, 4.69) is 15.3 Å². The summed E-state index contributed by atoms with van der Waals surface area (Å²) in [6, 6.07) is 14.9. The average molecular weight is 398 g/mol. The van der Waals surface area contributed by atoms with Crippen LogP contribution in [0.15, 0.2) is 59.5 Å². The molecule has 2 aromatic heterocycles. The smallest absolute Gasteiger partial charge is 0.275 e. The van der Waals surface area contributed by atoms with Gasteiger partial charge in [0.2, 0.25) is 0 Å². The molecule has 8 heteroatoms. The lowest BCUT2D eigenvalue weighted by Crippen LogP contribution is -2.25. The molecular weight excluding hydrogens is 382 g/mol. The van der Waals surface area contributed by atoms with E-state index in [1.807, 2.05) is 54.0 Å². The number of nitrogens with zero attached hydrogens (tertiary/aromatic N) is 4. The normalized spacial score (nSPS) is 12.4. The van der Waals surface area contributed by atoms with Gasteiger partial charge in [-0.05, 0) is 42.9 Å². The number of aromatic nitrogens is 5. The number of H-pyrrole nitrogens is 1. The molecule has 0 radical (unpaired) electrons. The molecule has 0 fully saturated rings. The highest BCUT2D eigenvalue weighted by Gasteiger charge is 2.16. The first-order valence-corrected chi connectivity index (χ1v) is 9.19. The second kappa shape index (κ2) is 7.09. The van der Waals surface area contributed by atoms with E-state index in [0.717, 1.165) is 10.9 Å². The second-order valence-corrected chi connectivity index (χ2v) is 7.06. The zero-order chi connectivity index (χ0) is 19.0. The van der Waals surface area contributed by atoms with Crippen molar-refractivity contribution in [3.63, 3.8) is 0 Å². The maximum atomic E-state index is 12.7. The van der Waals surface area contributed by atoms with Gasteiger partial charge in [0.05, 0.1) is 17.6 Å². The summed E-state index contributed by atoms with van der Waals surface area (Å²) in [6.07, 6.45) is 1.69. The Morgan fingerprint density at radius 2 is 1.93 bits per heavy atom. The number of aromatic amines is 1. The Kier molecular flexibility index (Phi) is 4.63. The molecule has 0 spiro atoms. The van der Waals surface area contributed by atoms with Gasteiger partial charge in [-0.1, -0.05) is 41.9 Å². The van der Waals surface area contributed by atoms with Gasteiger partial charge in [0.1, 0.15) is 6.54 Å². The molecule has 1 N–H and O–H groups in total. The third-order valence-electron chi connectivity index (χ3n) is 4.57. The van der Waals surface area contributed by atoms with Crippen LogP contribution in [-0.4, -0.2) is 24.5 Å².